The molecular weight excluding hydrogens is 282 g/mol. The van der Waals surface area contributed by atoms with E-state index in [-0.39, 0.29) is 12.0 Å². The molecule has 2 rings (SSSR count). The Bertz CT molecular complexity index is 372. The van der Waals surface area contributed by atoms with E-state index in [1.807, 2.05) is 24.3 Å². The molecule has 1 N–H and O–H groups in total. The predicted molar refractivity (Wildman–Crippen MR) is 69.6 cm³/mol. The third-order valence-corrected chi connectivity index (χ3v) is 3.37. The van der Waals surface area contributed by atoms with Crippen LogP contribution in [-0.4, -0.2) is 18.6 Å². The van der Waals surface area contributed by atoms with Crippen LogP contribution in [0, 0.1) is 0 Å². The zero-order chi connectivity index (χ0) is 12.1. The number of hydrogen-bond acceptors (Lipinski definition) is 2. The van der Waals surface area contributed by atoms with Gasteiger partial charge in [0.1, 0.15) is 0 Å². The summed E-state index contributed by atoms with van der Waals surface area (Å²) in [6, 6.07) is 7.94. The minimum absolute atomic E-state index is 0.0693. The molecule has 1 aliphatic rings. The van der Waals surface area contributed by atoms with Crippen LogP contribution in [0.3, 0.4) is 0 Å². The van der Waals surface area contributed by atoms with E-state index in [9.17, 15) is 4.79 Å². The summed E-state index contributed by atoms with van der Waals surface area (Å²) in [5.41, 5.74) is 1.11. The van der Waals surface area contributed by atoms with Gasteiger partial charge in [-0.1, -0.05) is 28.1 Å². The second kappa shape index (κ2) is 6.17. The molecule has 1 fully saturated rings. The van der Waals surface area contributed by atoms with Gasteiger partial charge in [0.2, 0.25) is 5.91 Å². The van der Waals surface area contributed by atoms with E-state index in [4.69, 9.17) is 4.74 Å². The fraction of sp³-hybridized carbons (Fsp3) is 0.462. The van der Waals surface area contributed by atoms with Crippen LogP contribution in [0.15, 0.2) is 28.7 Å². The highest BCUT2D eigenvalue weighted by molar-refractivity contribution is 9.10. The van der Waals surface area contributed by atoms with Crippen LogP contribution in [0.1, 0.15) is 24.8 Å². The Kier molecular flexibility index (Phi) is 4.57. The lowest BCUT2D eigenvalue weighted by atomic mass is 10.1. The van der Waals surface area contributed by atoms with Crippen LogP contribution in [0.5, 0.6) is 0 Å². The molecule has 0 spiro atoms. The molecule has 1 aliphatic heterocycles. The smallest absolute Gasteiger partial charge is 0.222 e. The van der Waals surface area contributed by atoms with Crippen molar-refractivity contribution in [2.75, 3.05) is 6.61 Å². The van der Waals surface area contributed by atoms with E-state index in [0.29, 0.717) is 13.0 Å². The molecule has 0 aliphatic carbocycles. The standard InChI is InChI=1S/C13H16BrNO2/c14-11-5-3-10(4-6-11)9-15-13(16)8-12-2-1-7-17-12/h3-6,12H,1-2,7-9H2,(H,15,16). The maximum absolute atomic E-state index is 11.6. The Morgan fingerprint density at radius 2 is 2.18 bits per heavy atom. The summed E-state index contributed by atoms with van der Waals surface area (Å²) in [4.78, 5) is 11.6. The van der Waals surface area contributed by atoms with Crippen molar-refractivity contribution in [1.82, 2.24) is 5.32 Å². The van der Waals surface area contributed by atoms with E-state index in [1.165, 1.54) is 0 Å². The van der Waals surface area contributed by atoms with Gasteiger partial charge in [-0.25, -0.2) is 0 Å². The lowest BCUT2D eigenvalue weighted by Gasteiger charge is -2.09. The van der Waals surface area contributed by atoms with Crippen LogP contribution < -0.4 is 5.32 Å². The normalized spacial score (nSPS) is 19.2. The number of carbonyl (C=O) groups excluding carboxylic acids is 1. The van der Waals surface area contributed by atoms with Crippen LogP contribution >= 0.6 is 15.9 Å². The Balaban J connectivity index is 1.73. The average Bonchev–Trinajstić information content (AvgIpc) is 2.81. The highest BCUT2D eigenvalue weighted by Crippen LogP contribution is 2.15. The number of amides is 1. The van der Waals surface area contributed by atoms with Gasteiger partial charge < -0.3 is 10.1 Å². The predicted octanol–water partition coefficient (Wildman–Crippen LogP) is 2.63. The van der Waals surface area contributed by atoms with Gasteiger partial charge in [-0.05, 0) is 30.5 Å². The molecule has 1 aromatic carbocycles. The summed E-state index contributed by atoms with van der Waals surface area (Å²) in [5, 5.41) is 2.91. The highest BCUT2D eigenvalue weighted by Gasteiger charge is 2.18. The Morgan fingerprint density at radius 1 is 1.41 bits per heavy atom. The van der Waals surface area contributed by atoms with Crippen LogP contribution in [-0.2, 0) is 16.1 Å². The summed E-state index contributed by atoms with van der Waals surface area (Å²) in [5.74, 6) is 0.0693. The molecule has 1 heterocycles. The second-order valence-electron chi connectivity index (χ2n) is 4.24. The minimum Gasteiger partial charge on any atom is -0.378 e. The molecule has 92 valence electrons. The molecule has 1 aromatic rings. The first-order valence-corrected chi connectivity index (χ1v) is 6.66. The fourth-order valence-electron chi connectivity index (χ4n) is 1.89. The summed E-state index contributed by atoms with van der Waals surface area (Å²) >= 11 is 3.38. The number of rotatable bonds is 4. The maximum Gasteiger partial charge on any atom is 0.222 e. The Labute approximate surface area is 110 Å². The van der Waals surface area contributed by atoms with Crippen molar-refractivity contribution in [3.05, 3.63) is 34.3 Å². The molecule has 0 bridgehead atoms. The van der Waals surface area contributed by atoms with Crippen molar-refractivity contribution in [1.29, 1.82) is 0 Å². The fourth-order valence-corrected chi connectivity index (χ4v) is 2.15. The molecule has 1 atom stereocenters. The van der Waals surface area contributed by atoms with Crippen molar-refractivity contribution in [2.45, 2.75) is 31.9 Å². The molecule has 0 aromatic heterocycles. The molecule has 4 heteroatoms. The van der Waals surface area contributed by atoms with Crippen LogP contribution in [0.2, 0.25) is 0 Å². The Hall–Kier alpha value is -0.870. The average molecular weight is 298 g/mol. The lowest BCUT2D eigenvalue weighted by molar-refractivity contribution is -0.123. The second-order valence-corrected chi connectivity index (χ2v) is 5.16. The Morgan fingerprint density at radius 3 is 2.82 bits per heavy atom. The molecule has 3 nitrogen and oxygen atoms in total. The van der Waals surface area contributed by atoms with Gasteiger partial charge in [0.25, 0.3) is 0 Å². The lowest BCUT2D eigenvalue weighted by Crippen LogP contribution is -2.26. The first-order chi connectivity index (χ1) is 8.24. The van der Waals surface area contributed by atoms with E-state index < -0.39 is 0 Å². The van der Waals surface area contributed by atoms with E-state index in [0.717, 1.165) is 29.5 Å². The van der Waals surface area contributed by atoms with Crippen LogP contribution in [0.25, 0.3) is 0 Å². The van der Waals surface area contributed by atoms with E-state index in [2.05, 4.69) is 21.2 Å². The van der Waals surface area contributed by atoms with E-state index >= 15 is 0 Å². The molecule has 0 saturated carbocycles. The highest BCUT2D eigenvalue weighted by atomic mass is 79.9. The van der Waals surface area contributed by atoms with Gasteiger partial charge in [0.15, 0.2) is 0 Å². The molecule has 0 radical (unpaired) electrons. The number of nitrogens with one attached hydrogen (secondary N) is 1. The first-order valence-electron chi connectivity index (χ1n) is 5.87. The third kappa shape index (κ3) is 4.13. The number of carbonyl (C=O) groups is 1. The van der Waals surface area contributed by atoms with Crippen LogP contribution in [0.4, 0.5) is 0 Å². The molecular formula is C13H16BrNO2. The summed E-state index contributed by atoms with van der Waals surface area (Å²) < 4.78 is 6.47. The van der Waals surface area contributed by atoms with Crippen molar-refractivity contribution in [3.63, 3.8) is 0 Å². The van der Waals surface area contributed by atoms with Gasteiger partial charge in [-0.3, -0.25) is 4.79 Å². The van der Waals surface area contributed by atoms with Gasteiger partial charge in [-0.2, -0.15) is 0 Å². The van der Waals surface area contributed by atoms with Crippen molar-refractivity contribution < 1.29 is 9.53 Å². The monoisotopic (exact) mass is 297 g/mol. The number of hydrogen-bond donors (Lipinski definition) is 1. The maximum atomic E-state index is 11.6. The summed E-state index contributed by atoms with van der Waals surface area (Å²) in [6.07, 6.45) is 2.69. The molecule has 17 heavy (non-hydrogen) atoms. The quantitative estimate of drug-likeness (QED) is 0.928. The topological polar surface area (TPSA) is 38.3 Å². The van der Waals surface area contributed by atoms with Crippen molar-refractivity contribution in [3.8, 4) is 0 Å². The zero-order valence-corrected chi connectivity index (χ0v) is 11.2. The third-order valence-electron chi connectivity index (χ3n) is 2.84. The van der Waals surface area contributed by atoms with Crippen molar-refractivity contribution >= 4 is 21.8 Å². The van der Waals surface area contributed by atoms with Gasteiger partial charge in [0.05, 0.1) is 12.5 Å². The number of halogens is 1. The molecule has 1 unspecified atom stereocenters. The largest absolute Gasteiger partial charge is 0.378 e. The van der Waals surface area contributed by atoms with E-state index in [1.54, 1.807) is 0 Å². The molecule has 1 amide bonds. The minimum atomic E-state index is 0.0693. The van der Waals surface area contributed by atoms with Gasteiger partial charge in [0, 0.05) is 17.6 Å². The summed E-state index contributed by atoms with van der Waals surface area (Å²) in [7, 11) is 0. The van der Waals surface area contributed by atoms with Crippen molar-refractivity contribution in [2.24, 2.45) is 0 Å². The zero-order valence-electron chi connectivity index (χ0n) is 9.62. The number of benzene rings is 1. The summed E-state index contributed by atoms with van der Waals surface area (Å²) in [6.45, 7) is 1.38. The number of ether oxygens (including phenoxy) is 1. The van der Waals surface area contributed by atoms with Gasteiger partial charge in [-0.15, -0.1) is 0 Å². The molecule has 1 saturated heterocycles. The van der Waals surface area contributed by atoms with Gasteiger partial charge >= 0.3 is 0 Å². The SMILES string of the molecule is O=C(CC1CCCO1)NCc1ccc(Br)cc1. The first kappa shape index (κ1) is 12.6.